The number of hydrogen-bond acceptors (Lipinski definition) is 2. The molecule has 2 nitrogen and oxygen atoms in total. The van der Waals surface area contributed by atoms with Crippen LogP contribution in [0.2, 0.25) is 0 Å². The first-order valence-electron chi connectivity index (χ1n) is 5.87. The van der Waals surface area contributed by atoms with E-state index in [1.54, 1.807) is 0 Å². The molecule has 1 aliphatic rings. The van der Waals surface area contributed by atoms with Crippen LogP contribution in [0.4, 0.5) is 0 Å². The Labute approximate surface area is 91.9 Å². The number of nitrogens with one attached hydrogen (secondary N) is 1. The zero-order valence-electron chi connectivity index (χ0n) is 9.15. The van der Waals surface area contributed by atoms with Crippen LogP contribution in [0.1, 0.15) is 24.3 Å². The van der Waals surface area contributed by atoms with E-state index in [9.17, 15) is 0 Å². The second-order valence-electron chi connectivity index (χ2n) is 4.34. The summed E-state index contributed by atoms with van der Waals surface area (Å²) in [5.41, 5.74) is 7.33. The van der Waals surface area contributed by atoms with Gasteiger partial charge < -0.3 is 11.1 Å². The van der Waals surface area contributed by atoms with Crippen LogP contribution >= 0.6 is 0 Å². The average Bonchev–Trinajstić information content (AvgIpc) is 2.55. The standard InChI is InChI=1S/C13H20N2/c14-10-12-6-8-15-9-7-13(12)11-4-2-1-3-5-11/h1-5,12-13,15H,6-10,14H2. The lowest BCUT2D eigenvalue weighted by molar-refractivity contribution is 0.419. The van der Waals surface area contributed by atoms with Gasteiger partial charge in [-0.1, -0.05) is 30.3 Å². The largest absolute Gasteiger partial charge is 0.330 e. The maximum Gasteiger partial charge on any atom is -0.00425 e. The van der Waals surface area contributed by atoms with Gasteiger partial charge in [0, 0.05) is 0 Å². The molecule has 0 aromatic heterocycles. The summed E-state index contributed by atoms with van der Waals surface area (Å²) in [6.45, 7) is 3.04. The Morgan fingerprint density at radius 1 is 1.13 bits per heavy atom. The molecule has 2 atom stereocenters. The fourth-order valence-electron chi connectivity index (χ4n) is 2.53. The molecule has 0 spiro atoms. The van der Waals surface area contributed by atoms with Crippen molar-refractivity contribution in [3.8, 4) is 0 Å². The SMILES string of the molecule is NCC1CCNCCC1c1ccccc1. The lowest BCUT2D eigenvalue weighted by Gasteiger charge is -2.23. The topological polar surface area (TPSA) is 38.0 Å². The van der Waals surface area contributed by atoms with Gasteiger partial charge in [0.2, 0.25) is 0 Å². The Kier molecular flexibility index (Phi) is 3.75. The molecule has 0 aliphatic carbocycles. The van der Waals surface area contributed by atoms with Crippen LogP contribution in [0.3, 0.4) is 0 Å². The van der Waals surface area contributed by atoms with E-state index in [1.165, 1.54) is 18.4 Å². The molecule has 1 aromatic carbocycles. The molecule has 0 saturated carbocycles. The highest BCUT2D eigenvalue weighted by Crippen LogP contribution is 2.30. The number of rotatable bonds is 2. The van der Waals surface area contributed by atoms with Crippen LogP contribution < -0.4 is 11.1 Å². The molecular formula is C13H20N2. The smallest absolute Gasteiger partial charge is 0.00425 e. The lowest BCUT2D eigenvalue weighted by Crippen LogP contribution is -2.22. The summed E-state index contributed by atoms with van der Waals surface area (Å²) in [7, 11) is 0. The Morgan fingerprint density at radius 3 is 2.60 bits per heavy atom. The van der Waals surface area contributed by atoms with E-state index in [0.717, 1.165) is 19.6 Å². The third-order valence-electron chi connectivity index (χ3n) is 3.42. The molecule has 2 heteroatoms. The van der Waals surface area contributed by atoms with Crippen molar-refractivity contribution in [3.63, 3.8) is 0 Å². The quantitative estimate of drug-likeness (QED) is 0.770. The minimum Gasteiger partial charge on any atom is -0.330 e. The molecular weight excluding hydrogens is 184 g/mol. The Hall–Kier alpha value is -0.860. The number of hydrogen-bond donors (Lipinski definition) is 2. The summed E-state index contributed by atoms with van der Waals surface area (Å²) in [5, 5.41) is 3.46. The lowest BCUT2D eigenvalue weighted by atomic mass is 9.82. The summed E-state index contributed by atoms with van der Waals surface area (Å²) in [6.07, 6.45) is 2.42. The maximum absolute atomic E-state index is 5.87. The fraction of sp³-hybridized carbons (Fsp3) is 0.538. The summed E-state index contributed by atoms with van der Waals surface area (Å²) < 4.78 is 0. The van der Waals surface area contributed by atoms with E-state index < -0.39 is 0 Å². The Morgan fingerprint density at radius 2 is 1.87 bits per heavy atom. The summed E-state index contributed by atoms with van der Waals surface area (Å²) >= 11 is 0. The zero-order chi connectivity index (χ0) is 10.5. The van der Waals surface area contributed by atoms with Crippen molar-refractivity contribution in [2.75, 3.05) is 19.6 Å². The van der Waals surface area contributed by atoms with E-state index in [4.69, 9.17) is 5.73 Å². The normalized spacial score (nSPS) is 27.3. The summed E-state index contributed by atoms with van der Waals surface area (Å²) in [5.74, 6) is 1.29. The third-order valence-corrected chi connectivity index (χ3v) is 3.42. The van der Waals surface area contributed by atoms with Gasteiger partial charge in [-0.05, 0) is 49.9 Å². The number of nitrogens with two attached hydrogens (primary N) is 1. The van der Waals surface area contributed by atoms with Crippen LogP contribution in [0.5, 0.6) is 0 Å². The van der Waals surface area contributed by atoms with Gasteiger partial charge in [0.25, 0.3) is 0 Å². The van der Waals surface area contributed by atoms with Gasteiger partial charge in [-0.15, -0.1) is 0 Å². The zero-order valence-corrected chi connectivity index (χ0v) is 9.15. The van der Waals surface area contributed by atoms with Crippen molar-refractivity contribution in [1.82, 2.24) is 5.32 Å². The highest BCUT2D eigenvalue weighted by atomic mass is 14.9. The number of benzene rings is 1. The molecule has 15 heavy (non-hydrogen) atoms. The molecule has 0 bridgehead atoms. The summed E-state index contributed by atoms with van der Waals surface area (Å²) in [4.78, 5) is 0. The molecule has 0 amide bonds. The minimum atomic E-state index is 0.641. The van der Waals surface area contributed by atoms with Crippen LogP contribution in [-0.2, 0) is 0 Å². The van der Waals surface area contributed by atoms with Gasteiger partial charge in [-0.2, -0.15) is 0 Å². The van der Waals surface area contributed by atoms with Crippen LogP contribution in [0.15, 0.2) is 30.3 Å². The first kappa shape index (κ1) is 10.7. The average molecular weight is 204 g/mol. The molecule has 2 unspecified atom stereocenters. The molecule has 2 rings (SSSR count). The molecule has 1 aliphatic heterocycles. The minimum absolute atomic E-state index is 0.641. The Balaban J connectivity index is 2.16. The predicted molar refractivity (Wildman–Crippen MR) is 63.8 cm³/mol. The van der Waals surface area contributed by atoms with E-state index in [1.807, 2.05) is 0 Å². The maximum atomic E-state index is 5.87. The predicted octanol–water partition coefficient (Wildman–Crippen LogP) is 1.73. The van der Waals surface area contributed by atoms with Gasteiger partial charge in [-0.3, -0.25) is 0 Å². The second-order valence-corrected chi connectivity index (χ2v) is 4.34. The van der Waals surface area contributed by atoms with Gasteiger partial charge >= 0.3 is 0 Å². The molecule has 1 heterocycles. The van der Waals surface area contributed by atoms with Crippen molar-refractivity contribution in [2.24, 2.45) is 11.7 Å². The third kappa shape index (κ3) is 2.58. The van der Waals surface area contributed by atoms with E-state index in [0.29, 0.717) is 11.8 Å². The molecule has 3 N–H and O–H groups in total. The van der Waals surface area contributed by atoms with Crippen molar-refractivity contribution in [1.29, 1.82) is 0 Å². The van der Waals surface area contributed by atoms with Crippen LogP contribution in [0.25, 0.3) is 0 Å². The molecule has 1 saturated heterocycles. The van der Waals surface area contributed by atoms with Gasteiger partial charge in [0.1, 0.15) is 0 Å². The van der Waals surface area contributed by atoms with E-state index in [2.05, 4.69) is 35.6 Å². The second kappa shape index (κ2) is 5.29. The van der Waals surface area contributed by atoms with Crippen LogP contribution in [-0.4, -0.2) is 19.6 Å². The fourth-order valence-corrected chi connectivity index (χ4v) is 2.53. The molecule has 82 valence electrons. The van der Waals surface area contributed by atoms with E-state index in [-0.39, 0.29) is 0 Å². The first-order chi connectivity index (χ1) is 7.42. The highest BCUT2D eigenvalue weighted by Gasteiger charge is 2.23. The van der Waals surface area contributed by atoms with Crippen molar-refractivity contribution in [3.05, 3.63) is 35.9 Å². The molecule has 1 fully saturated rings. The van der Waals surface area contributed by atoms with Crippen molar-refractivity contribution >= 4 is 0 Å². The van der Waals surface area contributed by atoms with Crippen molar-refractivity contribution < 1.29 is 0 Å². The molecule has 0 radical (unpaired) electrons. The monoisotopic (exact) mass is 204 g/mol. The van der Waals surface area contributed by atoms with Gasteiger partial charge in [0.05, 0.1) is 0 Å². The Bertz CT molecular complexity index is 284. The summed E-state index contributed by atoms with van der Waals surface area (Å²) in [6, 6.07) is 10.8. The van der Waals surface area contributed by atoms with Crippen molar-refractivity contribution in [2.45, 2.75) is 18.8 Å². The van der Waals surface area contributed by atoms with Gasteiger partial charge in [-0.25, -0.2) is 0 Å². The van der Waals surface area contributed by atoms with E-state index >= 15 is 0 Å². The highest BCUT2D eigenvalue weighted by molar-refractivity contribution is 5.20. The first-order valence-corrected chi connectivity index (χ1v) is 5.87. The molecule has 1 aromatic rings. The van der Waals surface area contributed by atoms with Crippen LogP contribution in [0, 0.1) is 5.92 Å². The van der Waals surface area contributed by atoms with Gasteiger partial charge in [0.15, 0.2) is 0 Å².